The van der Waals surface area contributed by atoms with Gasteiger partial charge in [-0.05, 0) is 41.0 Å². The number of para-hydroxylation sites is 2. The van der Waals surface area contributed by atoms with Crippen LogP contribution >= 0.6 is 0 Å². The standard InChI is InChI=1S/C32H24BN/c1-4-13-23(14-5-1)30-26-19-12-21-28-32(26)34(31(30)24-15-6-2-7-16-24)29-22-11-10-20-27(29)33(28)25-17-8-3-9-18-25/h1-2,4-8,10-22H,3,9H2. The Morgan fingerprint density at radius 3 is 2.09 bits per heavy atom. The molecule has 0 spiro atoms. The summed E-state index contributed by atoms with van der Waals surface area (Å²) in [6.45, 7) is 0.256. The lowest BCUT2D eigenvalue weighted by Gasteiger charge is -2.28. The zero-order chi connectivity index (χ0) is 22.5. The molecule has 0 saturated heterocycles. The Hall–Kier alpha value is -4.04. The van der Waals surface area contributed by atoms with E-state index in [1.54, 1.807) is 0 Å². The summed E-state index contributed by atoms with van der Waals surface area (Å²) < 4.78 is 2.53. The highest BCUT2D eigenvalue weighted by molar-refractivity contribution is 6.94. The van der Waals surface area contributed by atoms with E-state index >= 15 is 0 Å². The van der Waals surface area contributed by atoms with Crippen LogP contribution in [0.1, 0.15) is 12.8 Å². The van der Waals surface area contributed by atoms with Crippen molar-refractivity contribution in [3.05, 3.63) is 127 Å². The molecule has 1 nitrogen and oxygen atoms in total. The summed E-state index contributed by atoms with van der Waals surface area (Å²) in [5.74, 6) is 0. The molecule has 5 aromatic rings. The molecule has 160 valence electrons. The number of benzene rings is 4. The molecule has 1 aliphatic carbocycles. The fourth-order valence-corrected chi connectivity index (χ4v) is 5.91. The van der Waals surface area contributed by atoms with E-state index in [4.69, 9.17) is 0 Å². The second-order valence-electron chi connectivity index (χ2n) is 9.21. The molecule has 0 N–H and O–H groups in total. The van der Waals surface area contributed by atoms with Crippen LogP contribution in [-0.4, -0.2) is 11.3 Å². The van der Waals surface area contributed by atoms with Crippen LogP contribution in [-0.2, 0) is 0 Å². The van der Waals surface area contributed by atoms with E-state index in [9.17, 15) is 0 Å². The predicted octanol–water partition coefficient (Wildman–Crippen LogP) is 6.70. The van der Waals surface area contributed by atoms with Gasteiger partial charge < -0.3 is 4.57 Å². The van der Waals surface area contributed by atoms with Gasteiger partial charge in [-0.3, -0.25) is 0 Å². The minimum Gasteiger partial charge on any atom is -0.310 e. The number of hydrogen-bond donors (Lipinski definition) is 0. The molecule has 2 heterocycles. The molecule has 0 unspecified atom stereocenters. The summed E-state index contributed by atoms with van der Waals surface area (Å²) in [5.41, 5.74) is 11.9. The first kappa shape index (κ1) is 19.4. The number of fused-ring (bicyclic) bond motifs is 2. The highest BCUT2D eigenvalue weighted by atomic mass is 15.0. The maximum atomic E-state index is 2.53. The fourth-order valence-electron chi connectivity index (χ4n) is 5.91. The van der Waals surface area contributed by atoms with Crippen molar-refractivity contribution in [3.63, 3.8) is 0 Å². The van der Waals surface area contributed by atoms with Gasteiger partial charge in [0, 0.05) is 22.2 Å². The molecule has 4 aromatic carbocycles. The zero-order valence-corrected chi connectivity index (χ0v) is 19.0. The van der Waals surface area contributed by atoms with Crippen molar-refractivity contribution in [2.45, 2.75) is 12.8 Å². The lowest BCUT2D eigenvalue weighted by atomic mass is 9.34. The van der Waals surface area contributed by atoms with Crippen LogP contribution < -0.4 is 10.9 Å². The second kappa shape index (κ2) is 7.78. The smallest absolute Gasteiger partial charge is 0.246 e. The Balaban J connectivity index is 1.66. The zero-order valence-electron chi connectivity index (χ0n) is 19.0. The van der Waals surface area contributed by atoms with E-state index in [2.05, 4.69) is 126 Å². The van der Waals surface area contributed by atoms with Crippen LogP contribution in [0.2, 0.25) is 0 Å². The van der Waals surface area contributed by atoms with Gasteiger partial charge in [-0.25, -0.2) is 0 Å². The molecule has 2 heteroatoms. The number of hydrogen-bond acceptors (Lipinski definition) is 0. The van der Waals surface area contributed by atoms with Crippen molar-refractivity contribution in [1.29, 1.82) is 0 Å². The lowest BCUT2D eigenvalue weighted by molar-refractivity contribution is 1.03. The SMILES string of the molecule is C1=CC(B2c3ccccc3-n3c(-c4ccccc4)c(-c4ccccc4)c4cccc2c43)=CCC1. The van der Waals surface area contributed by atoms with Crippen LogP contribution in [0.25, 0.3) is 39.0 Å². The van der Waals surface area contributed by atoms with Crippen LogP contribution in [0.4, 0.5) is 0 Å². The first-order chi connectivity index (χ1) is 16.9. The van der Waals surface area contributed by atoms with E-state index in [1.807, 2.05) is 0 Å². The number of nitrogens with zero attached hydrogens (tertiary/aromatic N) is 1. The Bertz CT molecular complexity index is 1590. The molecule has 1 aromatic heterocycles. The van der Waals surface area contributed by atoms with Crippen LogP contribution in [0.15, 0.2) is 127 Å². The summed E-state index contributed by atoms with van der Waals surface area (Å²) in [4.78, 5) is 0. The Morgan fingerprint density at radius 2 is 1.32 bits per heavy atom. The third-order valence-corrected chi connectivity index (χ3v) is 7.29. The van der Waals surface area contributed by atoms with Gasteiger partial charge in [-0.15, -0.1) is 0 Å². The first-order valence-corrected chi connectivity index (χ1v) is 12.2. The van der Waals surface area contributed by atoms with Crippen LogP contribution in [0.3, 0.4) is 0 Å². The largest absolute Gasteiger partial charge is 0.310 e. The van der Waals surface area contributed by atoms with E-state index in [-0.39, 0.29) is 6.71 Å². The molecular weight excluding hydrogens is 409 g/mol. The first-order valence-electron chi connectivity index (χ1n) is 12.2. The molecular formula is C32H24BN. The Kier molecular flexibility index (Phi) is 4.45. The lowest BCUT2D eigenvalue weighted by Crippen LogP contribution is -2.49. The van der Waals surface area contributed by atoms with E-state index in [0.29, 0.717) is 0 Å². The molecule has 2 aliphatic rings. The van der Waals surface area contributed by atoms with Gasteiger partial charge in [0.1, 0.15) is 0 Å². The highest BCUT2D eigenvalue weighted by Gasteiger charge is 2.35. The second-order valence-corrected chi connectivity index (χ2v) is 9.21. The van der Waals surface area contributed by atoms with Gasteiger partial charge in [-0.2, -0.15) is 0 Å². The highest BCUT2D eigenvalue weighted by Crippen LogP contribution is 2.43. The maximum Gasteiger partial charge on any atom is 0.246 e. The molecule has 34 heavy (non-hydrogen) atoms. The quantitative estimate of drug-likeness (QED) is 0.279. The number of rotatable bonds is 3. The van der Waals surface area contributed by atoms with Crippen molar-refractivity contribution < 1.29 is 0 Å². The summed E-state index contributed by atoms with van der Waals surface area (Å²) in [5, 5.41) is 1.32. The maximum absolute atomic E-state index is 2.53. The molecule has 7 rings (SSSR count). The molecule has 0 bridgehead atoms. The fraction of sp³-hybridized carbons (Fsp3) is 0.0625. The van der Waals surface area contributed by atoms with Gasteiger partial charge in [0.25, 0.3) is 0 Å². The monoisotopic (exact) mass is 433 g/mol. The van der Waals surface area contributed by atoms with Gasteiger partial charge in [-0.1, -0.05) is 121 Å². The molecule has 0 saturated carbocycles. The Morgan fingerprint density at radius 1 is 0.618 bits per heavy atom. The molecule has 1 aliphatic heterocycles. The van der Waals surface area contributed by atoms with E-state index < -0.39 is 0 Å². The number of allylic oxidation sites excluding steroid dienone is 4. The third kappa shape index (κ3) is 2.82. The average molecular weight is 433 g/mol. The summed E-state index contributed by atoms with van der Waals surface area (Å²) in [6, 6.07) is 37.6. The minimum absolute atomic E-state index is 0.256. The minimum atomic E-state index is 0.256. The normalized spacial score (nSPS) is 14.2. The molecule has 0 fully saturated rings. The number of aromatic nitrogens is 1. The molecule has 0 radical (unpaired) electrons. The predicted molar refractivity (Wildman–Crippen MR) is 146 cm³/mol. The van der Waals surface area contributed by atoms with Crippen LogP contribution in [0, 0.1) is 0 Å². The summed E-state index contributed by atoms with van der Waals surface area (Å²) in [7, 11) is 0. The van der Waals surface area contributed by atoms with Crippen molar-refractivity contribution in [3.8, 4) is 28.1 Å². The summed E-state index contributed by atoms with van der Waals surface area (Å²) in [6.07, 6.45) is 9.37. The van der Waals surface area contributed by atoms with Crippen LogP contribution in [0.5, 0.6) is 0 Å². The van der Waals surface area contributed by atoms with Crippen molar-refractivity contribution in [2.75, 3.05) is 0 Å². The van der Waals surface area contributed by atoms with E-state index in [1.165, 1.54) is 55.4 Å². The van der Waals surface area contributed by atoms with Crippen molar-refractivity contribution >= 4 is 28.5 Å². The molecule has 0 amide bonds. The topological polar surface area (TPSA) is 4.93 Å². The van der Waals surface area contributed by atoms with Gasteiger partial charge in [0.15, 0.2) is 0 Å². The average Bonchev–Trinajstić information content (AvgIpc) is 3.27. The third-order valence-electron chi connectivity index (χ3n) is 7.29. The van der Waals surface area contributed by atoms with Crippen molar-refractivity contribution in [2.24, 2.45) is 0 Å². The van der Waals surface area contributed by atoms with Gasteiger partial charge >= 0.3 is 0 Å². The van der Waals surface area contributed by atoms with Crippen molar-refractivity contribution in [1.82, 2.24) is 4.57 Å². The summed E-state index contributed by atoms with van der Waals surface area (Å²) >= 11 is 0. The Labute approximate surface area is 200 Å². The van der Waals surface area contributed by atoms with Gasteiger partial charge in [0.05, 0.1) is 5.69 Å². The van der Waals surface area contributed by atoms with Gasteiger partial charge in [0.2, 0.25) is 6.71 Å². The molecule has 0 atom stereocenters. The van der Waals surface area contributed by atoms with E-state index in [0.717, 1.165) is 12.8 Å².